The smallest absolute Gasteiger partial charge is 0.341 e. The molecule has 1 aliphatic heterocycles. The highest BCUT2D eigenvalue weighted by Crippen LogP contribution is 2.18. The van der Waals surface area contributed by atoms with E-state index in [2.05, 4.69) is 22.5 Å². The molecule has 2 heterocycles. The Balaban J connectivity index is 2.13. The van der Waals surface area contributed by atoms with E-state index in [9.17, 15) is 4.79 Å². The van der Waals surface area contributed by atoms with Gasteiger partial charge in [-0.05, 0) is 45.4 Å². The molecule has 1 aliphatic rings. The molecule has 104 valence electrons. The second kappa shape index (κ2) is 6.52. The first-order valence-corrected chi connectivity index (χ1v) is 6.84. The van der Waals surface area contributed by atoms with Crippen LogP contribution in [0.1, 0.15) is 37.0 Å². The number of ether oxygens (including phenoxy) is 1. The molecule has 2 atom stereocenters. The third-order valence-corrected chi connectivity index (χ3v) is 3.39. The zero-order chi connectivity index (χ0) is 13.7. The number of aromatic nitrogens is 1. The molecule has 1 aromatic heterocycles. The van der Waals surface area contributed by atoms with Crippen molar-refractivity contribution in [3.8, 4) is 0 Å². The third kappa shape index (κ3) is 3.44. The van der Waals surface area contributed by atoms with Crippen LogP contribution in [0.3, 0.4) is 0 Å². The van der Waals surface area contributed by atoms with Crippen LogP contribution in [-0.2, 0) is 4.74 Å². The minimum atomic E-state index is -0.325. The Hall–Kier alpha value is -1.62. The summed E-state index contributed by atoms with van der Waals surface area (Å²) in [4.78, 5) is 16.1. The van der Waals surface area contributed by atoms with Crippen molar-refractivity contribution in [1.82, 2.24) is 10.3 Å². The molecule has 1 aromatic rings. The van der Waals surface area contributed by atoms with Crippen molar-refractivity contribution in [3.63, 3.8) is 0 Å². The fourth-order valence-corrected chi connectivity index (χ4v) is 2.31. The van der Waals surface area contributed by atoms with Crippen LogP contribution in [0.15, 0.2) is 18.3 Å². The van der Waals surface area contributed by atoms with Gasteiger partial charge in [0.25, 0.3) is 0 Å². The summed E-state index contributed by atoms with van der Waals surface area (Å²) in [6.07, 6.45) is 3.89. The van der Waals surface area contributed by atoms with E-state index in [1.807, 2.05) is 0 Å². The average Bonchev–Trinajstić information content (AvgIpc) is 2.42. The molecule has 0 radical (unpaired) electrons. The minimum Gasteiger partial charge on any atom is -0.462 e. The number of piperidine rings is 1. The fourth-order valence-electron chi connectivity index (χ4n) is 2.31. The Kier molecular flexibility index (Phi) is 4.74. The predicted molar refractivity (Wildman–Crippen MR) is 74.3 cm³/mol. The van der Waals surface area contributed by atoms with Crippen LogP contribution in [0.5, 0.6) is 0 Å². The molecule has 2 rings (SSSR count). The van der Waals surface area contributed by atoms with Crippen molar-refractivity contribution in [3.05, 3.63) is 23.9 Å². The van der Waals surface area contributed by atoms with Gasteiger partial charge in [0.1, 0.15) is 11.4 Å². The monoisotopic (exact) mass is 263 g/mol. The summed E-state index contributed by atoms with van der Waals surface area (Å²) in [7, 11) is 0. The fraction of sp³-hybridized carbons (Fsp3) is 0.571. The number of hydrogen-bond donors (Lipinski definition) is 2. The van der Waals surface area contributed by atoms with E-state index in [0.29, 0.717) is 24.0 Å². The maximum Gasteiger partial charge on any atom is 0.341 e. The first-order chi connectivity index (χ1) is 9.22. The first kappa shape index (κ1) is 13.8. The van der Waals surface area contributed by atoms with Crippen LogP contribution in [0.25, 0.3) is 0 Å². The lowest BCUT2D eigenvalue weighted by molar-refractivity contribution is 0.0527. The van der Waals surface area contributed by atoms with E-state index in [0.717, 1.165) is 19.4 Å². The Morgan fingerprint density at radius 3 is 3.21 bits per heavy atom. The normalized spacial score (nSPS) is 22.8. The molecular formula is C14H21N3O2. The summed E-state index contributed by atoms with van der Waals surface area (Å²) < 4.78 is 5.05. The highest BCUT2D eigenvalue weighted by atomic mass is 16.5. The standard InChI is InChI=1S/C14H21N3O2/c1-3-19-14(18)11-6-4-9-16-13(11)17-12-7-5-8-15-10(12)2/h4,6,9-10,12,15H,3,5,7-8H2,1-2H3,(H,16,17). The van der Waals surface area contributed by atoms with Gasteiger partial charge in [-0.3, -0.25) is 0 Å². The maximum atomic E-state index is 11.9. The lowest BCUT2D eigenvalue weighted by Gasteiger charge is -2.31. The number of carbonyl (C=O) groups excluding carboxylic acids is 1. The largest absolute Gasteiger partial charge is 0.462 e. The van der Waals surface area contributed by atoms with E-state index >= 15 is 0 Å². The van der Waals surface area contributed by atoms with Crippen LogP contribution in [0, 0.1) is 0 Å². The molecule has 0 amide bonds. The van der Waals surface area contributed by atoms with Crippen molar-refractivity contribution in [2.45, 2.75) is 38.8 Å². The number of pyridine rings is 1. The molecule has 0 bridgehead atoms. The van der Waals surface area contributed by atoms with E-state index < -0.39 is 0 Å². The average molecular weight is 263 g/mol. The number of anilines is 1. The van der Waals surface area contributed by atoms with Gasteiger partial charge in [-0.15, -0.1) is 0 Å². The molecule has 5 heteroatoms. The number of rotatable bonds is 4. The Bertz CT molecular complexity index is 436. The van der Waals surface area contributed by atoms with Gasteiger partial charge in [-0.25, -0.2) is 9.78 Å². The summed E-state index contributed by atoms with van der Waals surface area (Å²) in [6, 6.07) is 4.15. The number of carbonyl (C=O) groups is 1. The zero-order valence-corrected chi connectivity index (χ0v) is 11.5. The van der Waals surface area contributed by atoms with Crippen molar-refractivity contribution in [2.24, 2.45) is 0 Å². The van der Waals surface area contributed by atoms with Crippen LogP contribution < -0.4 is 10.6 Å². The minimum absolute atomic E-state index is 0.289. The van der Waals surface area contributed by atoms with Crippen LogP contribution in [0.2, 0.25) is 0 Å². The molecular weight excluding hydrogens is 242 g/mol. The molecule has 2 unspecified atom stereocenters. The Morgan fingerprint density at radius 1 is 1.63 bits per heavy atom. The van der Waals surface area contributed by atoms with E-state index in [4.69, 9.17) is 4.74 Å². The van der Waals surface area contributed by atoms with Crippen LogP contribution in [0.4, 0.5) is 5.82 Å². The van der Waals surface area contributed by atoms with Crippen molar-refractivity contribution >= 4 is 11.8 Å². The maximum absolute atomic E-state index is 11.9. The van der Waals surface area contributed by atoms with Crippen molar-refractivity contribution in [1.29, 1.82) is 0 Å². The van der Waals surface area contributed by atoms with Gasteiger partial charge in [-0.2, -0.15) is 0 Å². The van der Waals surface area contributed by atoms with E-state index in [-0.39, 0.29) is 12.0 Å². The Labute approximate surface area is 113 Å². The van der Waals surface area contributed by atoms with Gasteiger partial charge in [0.15, 0.2) is 0 Å². The molecule has 1 saturated heterocycles. The molecule has 19 heavy (non-hydrogen) atoms. The number of nitrogens with zero attached hydrogens (tertiary/aromatic N) is 1. The topological polar surface area (TPSA) is 63.2 Å². The molecule has 5 nitrogen and oxygen atoms in total. The van der Waals surface area contributed by atoms with Gasteiger partial charge in [-0.1, -0.05) is 0 Å². The Morgan fingerprint density at radius 2 is 2.47 bits per heavy atom. The first-order valence-electron chi connectivity index (χ1n) is 6.84. The molecule has 2 N–H and O–H groups in total. The lowest BCUT2D eigenvalue weighted by Crippen LogP contribution is -2.46. The summed E-state index contributed by atoms with van der Waals surface area (Å²) in [6.45, 7) is 5.36. The van der Waals surface area contributed by atoms with Crippen molar-refractivity contribution < 1.29 is 9.53 Å². The second-order valence-corrected chi connectivity index (χ2v) is 4.76. The molecule has 1 fully saturated rings. The number of esters is 1. The van der Waals surface area contributed by atoms with Gasteiger partial charge in [0.2, 0.25) is 0 Å². The van der Waals surface area contributed by atoms with E-state index in [1.54, 1.807) is 25.3 Å². The lowest BCUT2D eigenvalue weighted by atomic mass is 9.99. The molecule has 0 aliphatic carbocycles. The van der Waals surface area contributed by atoms with Crippen LogP contribution >= 0.6 is 0 Å². The second-order valence-electron chi connectivity index (χ2n) is 4.76. The zero-order valence-electron chi connectivity index (χ0n) is 11.5. The summed E-state index contributed by atoms with van der Waals surface area (Å²) >= 11 is 0. The highest BCUT2D eigenvalue weighted by Gasteiger charge is 2.23. The highest BCUT2D eigenvalue weighted by molar-refractivity contribution is 5.94. The molecule has 0 spiro atoms. The molecule has 0 aromatic carbocycles. The van der Waals surface area contributed by atoms with Gasteiger partial charge >= 0.3 is 5.97 Å². The predicted octanol–water partition coefficient (Wildman–Crippen LogP) is 1.81. The van der Waals surface area contributed by atoms with Gasteiger partial charge in [0.05, 0.1) is 6.61 Å². The van der Waals surface area contributed by atoms with Crippen molar-refractivity contribution in [2.75, 3.05) is 18.5 Å². The quantitative estimate of drug-likeness (QED) is 0.811. The number of nitrogens with one attached hydrogen (secondary N) is 2. The summed E-state index contributed by atoms with van der Waals surface area (Å²) in [5, 5.41) is 6.78. The number of hydrogen-bond acceptors (Lipinski definition) is 5. The van der Waals surface area contributed by atoms with Gasteiger partial charge < -0.3 is 15.4 Å². The van der Waals surface area contributed by atoms with Crippen LogP contribution in [-0.4, -0.2) is 36.2 Å². The third-order valence-electron chi connectivity index (χ3n) is 3.39. The molecule has 0 saturated carbocycles. The summed E-state index contributed by atoms with van der Waals surface area (Å²) in [5.41, 5.74) is 0.502. The summed E-state index contributed by atoms with van der Waals surface area (Å²) in [5.74, 6) is 0.288. The van der Waals surface area contributed by atoms with Gasteiger partial charge in [0, 0.05) is 18.3 Å². The van der Waals surface area contributed by atoms with E-state index in [1.165, 1.54) is 0 Å². The SMILES string of the molecule is CCOC(=O)c1cccnc1NC1CCCNC1C.